The molecule has 1 aromatic carbocycles. The SMILES string of the molecule is Clc1ccc(Cl)c(CNCCN2CCCCCC2)c1Cl. The van der Waals surface area contributed by atoms with Gasteiger partial charge in [-0.25, -0.2) is 0 Å². The van der Waals surface area contributed by atoms with Crippen molar-refractivity contribution in [3.05, 3.63) is 32.8 Å². The van der Waals surface area contributed by atoms with Crippen LogP contribution in [0, 0.1) is 0 Å². The van der Waals surface area contributed by atoms with Gasteiger partial charge in [0, 0.05) is 30.2 Å². The first kappa shape index (κ1) is 16.4. The highest BCUT2D eigenvalue weighted by atomic mass is 35.5. The molecule has 2 rings (SSSR count). The van der Waals surface area contributed by atoms with E-state index in [0.717, 1.165) is 18.7 Å². The molecule has 0 radical (unpaired) electrons. The Kier molecular flexibility index (Phi) is 6.92. The van der Waals surface area contributed by atoms with E-state index in [4.69, 9.17) is 34.8 Å². The zero-order valence-corrected chi connectivity index (χ0v) is 13.9. The number of nitrogens with zero attached hydrogens (tertiary/aromatic N) is 1. The third-order valence-corrected chi connectivity index (χ3v) is 4.94. The standard InChI is InChI=1S/C15H21Cl3N2/c16-13-5-6-14(17)15(18)12(13)11-19-7-10-20-8-3-1-2-4-9-20/h5-6,19H,1-4,7-11H2. The number of rotatable bonds is 5. The molecule has 5 heteroatoms. The maximum Gasteiger partial charge on any atom is 0.0652 e. The van der Waals surface area contributed by atoms with Crippen molar-refractivity contribution in [2.45, 2.75) is 32.2 Å². The van der Waals surface area contributed by atoms with Gasteiger partial charge in [-0.3, -0.25) is 0 Å². The molecule has 0 aromatic heterocycles. The lowest BCUT2D eigenvalue weighted by Gasteiger charge is -2.20. The lowest BCUT2D eigenvalue weighted by atomic mass is 10.2. The molecule has 1 aliphatic rings. The van der Waals surface area contributed by atoms with E-state index in [9.17, 15) is 0 Å². The van der Waals surface area contributed by atoms with Gasteiger partial charge in [0.2, 0.25) is 0 Å². The fraction of sp³-hybridized carbons (Fsp3) is 0.600. The zero-order valence-electron chi connectivity index (χ0n) is 11.6. The third kappa shape index (κ3) is 4.78. The number of nitrogens with one attached hydrogen (secondary N) is 1. The smallest absolute Gasteiger partial charge is 0.0652 e. The Morgan fingerprint density at radius 1 is 0.950 bits per heavy atom. The summed E-state index contributed by atoms with van der Waals surface area (Å²) >= 11 is 18.3. The fourth-order valence-electron chi connectivity index (χ4n) is 2.54. The first-order chi connectivity index (χ1) is 9.68. The van der Waals surface area contributed by atoms with Crippen LogP contribution in [0.2, 0.25) is 15.1 Å². The van der Waals surface area contributed by atoms with Gasteiger partial charge in [0.25, 0.3) is 0 Å². The fourth-order valence-corrected chi connectivity index (χ4v) is 3.22. The van der Waals surface area contributed by atoms with Crippen LogP contribution in [0.5, 0.6) is 0 Å². The Labute approximate surface area is 136 Å². The van der Waals surface area contributed by atoms with Crippen LogP contribution in [0.25, 0.3) is 0 Å². The monoisotopic (exact) mass is 334 g/mol. The highest BCUT2D eigenvalue weighted by Gasteiger charge is 2.10. The van der Waals surface area contributed by atoms with E-state index in [1.807, 2.05) is 0 Å². The van der Waals surface area contributed by atoms with Gasteiger partial charge < -0.3 is 10.2 Å². The van der Waals surface area contributed by atoms with E-state index < -0.39 is 0 Å². The molecule has 1 N–H and O–H groups in total. The predicted molar refractivity (Wildman–Crippen MR) is 88.1 cm³/mol. The summed E-state index contributed by atoms with van der Waals surface area (Å²) in [6.07, 6.45) is 5.40. The molecular formula is C15H21Cl3N2. The number of hydrogen-bond donors (Lipinski definition) is 1. The second-order valence-corrected chi connectivity index (χ2v) is 6.45. The molecule has 0 unspecified atom stereocenters. The third-order valence-electron chi connectivity index (χ3n) is 3.74. The summed E-state index contributed by atoms with van der Waals surface area (Å²) in [5, 5.41) is 5.19. The van der Waals surface area contributed by atoms with E-state index in [0.29, 0.717) is 21.6 Å². The summed E-state index contributed by atoms with van der Waals surface area (Å²) in [5.41, 5.74) is 0.886. The van der Waals surface area contributed by atoms with Crippen molar-refractivity contribution in [3.8, 4) is 0 Å². The number of halogens is 3. The summed E-state index contributed by atoms with van der Waals surface area (Å²) in [6.45, 7) is 5.13. The van der Waals surface area contributed by atoms with Gasteiger partial charge in [-0.1, -0.05) is 47.6 Å². The summed E-state index contributed by atoms with van der Waals surface area (Å²) < 4.78 is 0. The van der Waals surface area contributed by atoms with E-state index in [2.05, 4.69) is 10.2 Å². The van der Waals surface area contributed by atoms with Crippen LogP contribution in [0.1, 0.15) is 31.2 Å². The quantitative estimate of drug-likeness (QED) is 0.624. The minimum atomic E-state index is 0.556. The van der Waals surface area contributed by atoms with E-state index in [1.54, 1.807) is 12.1 Å². The maximum absolute atomic E-state index is 6.18. The van der Waals surface area contributed by atoms with Gasteiger partial charge in [0.15, 0.2) is 0 Å². The molecule has 0 amide bonds. The van der Waals surface area contributed by atoms with E-state index in [-0.39, 0.29) is 0 Å². The van der Waals surface area contributed by atoms with Gasteiger partial charge >= 0.3 is 0 Å². The van der Waals surface area contributed by atoms with Gasteiger partial charge in [-0.05, 0) is 38.1 Å². The number of benzene rings is 1. The van der Waals surface area contributed by atoms with Crippen LogP contribution in [0.15, 0.2) is 12.1 Å². The Morgan fingerprint density at radius 3 is 2.30 bits per heavy atom. The van der Waals surface area contributed by atoms with Crippen LogP contribution in [-0.4, -0.2) is 31.1 Å². The van der Waals surface area contributed by atoms with Crippen LogP contribution in [-0.2, 0) is 6.54 Å². The van der Waals surface area contributed by atoms with Gasteiger partial charge in [0.1, 0.15) is 0 Å². The molecule has 1 fully saturated rings. The van der Waals surface area contributed by atoms with Crippen LogP contribution in [0.4, 0.5) is 0 Å². The second kappa shape index (κ2) is 8.45. The van der Waals surface area contributed by atoms with Gasteiger partial charge in [0.05, 0.1) is 10.0 Å². The van der Waals surface area contributed by atoms with Crippen LogP contribution >= 0.6 is 34.8 Å². The van der Waals surface area contributed by atoms with Gasteiger partial charge in [-0.2, -0.15) is 0 Å². The molecule has 112 valence electrons. The Bertz CT molecular complexity index is 429. The molecule has 2 nitrogen and oxygen atoms in total. The summed E-state index contributed by atoms with van der Waals surface area (Å²) in [7, 11) is 0. The summed E-state index contributed by atoms with van der Waals surface area (Å²) in [4.78, 5) is 2.53. The average Bonchev–Trinajstić information content (AvgIpc) is 2.71. The van der Waals surface area contributed by atoms with Crippen molar-refractivity contribution < 1.29 is 0 Å². The van der Waals surface area contributed by atoms with Crippen molar-refractivity contribution in [3.63, 3.8) is 0 Å². The number of hydrogen-bond acceptors (Lipinski definition) is 2. The highest BCUT2D eigenvalue weighted by molar-refractivity contribution is 6.44. The lowest BCUT2D eigenvalue weighted by molar-refractivity contribution is 0.284. The van der Waals surface area contributed by atoms with Crippen molar-refractivity contribution in [2.75, 3.05) is 26.2 Å². The highest BCUT2D eigenvalue weighted by Crippen LogP contribution is 2.31. The Hall–Kier alpha value is 0.01000. The normalized spacial score (nSPS) is 17.1. The van der Waals surface area contributed by atoms with Crippen molar-refractivity contribution in [1.82, 2.24) is 10.2 Å². The predicted octanol–water partition coefficient (Wildman–Crippen LogP) is 4.61. The van der Waals surface area contributed by atoms with E-state index in [1.165, 1.54) is 38.8 Å². The zero-order chi connectivity index (χ0) is 14.4. The summed E-state index contributed by atoms with van der Waals surface area (Å²) in [6, 6.07) is 3.52. The van der Waals surface area contributed by atoms with E-state index >= 15 is 0 Å². The first-order valence-electron chi connectivity index (χ1n) is 7.24. The average molecular weight is 336 g/mol. The van der Waals surface area contributed by atoms with Crippen LogP contribution < -0.4 is 5.32 Å². The molecule has 1 heterocycles. The van der Waals surface area contributed by atoms with Crippen molar-refractivity contribution in [2.24, 2.45) is 0 Å². The molecule has 0 aliphatic carbocycles. The molecule has 1 aliphatic heterocycles. The molecule has 1 saturated heterocycles. The molecule has 1 aromatic rings. The molecule has 0 bridgehead atoms. The number of likely N-dealkylation sites (tertiary alicyclic amines) is 1. The minimum Gasteiger partial charge on any atom is -0.311 e. The lowest BCUT2D eigenvalue weighted by Crippen LogP contribution is -2.32. The van der Waals surface area contributed by atoms with Crippen LogP contribution in [0.3, 0.4) is 0 Å². The molecule has 0 saturated carbocycles. The molecular weight excluding hydrogens is 315 g/mol. The van der Waals surface area contributed by atoms with Crippen molar-refractivity contribution in [1.29, 1.82) is 0 Å². The van der Waals surface area contributed by atoms with Crippen molar-refractivity contribution >= 4 is 34.8 Å². The van der Waals surface area contributed by atoms with Gasteiger partial charge in [-0.15, -0.1) is 0 Å². The second-order valence-electron chi connectivity index (χ2n) is 5.25. The summed E-state index contributed by atoms with van der Waals surface area (Å²) in [5.74, 6) is 0. The Morgan fingerprint density at radius 2 is 1.60 bits per heavy atom. The first-order valence-corrected chi connectivity index (χ1v) is 8.37. The maximum atomic E-state index is 6.18. The minimum absolute atomic E-state index is 0.556. The largest absolute Gasteiger partial charge is 0.311 e. The molecule has 20 heavy (non-hydrogen) atoms. The molecule has 0 atom stereocenters. The topological polar surface area (TPSA) is 15.3 Å². The molecule has 0 spiro atoms. The Balaban J connectivity index is 1.77.